The van der Waals surface area contributed by atoms with Crippen LogP contribution in [-0.4, -0.2) is 11.2 Å². The Labute approximate surface area is 91.0 Å². The van der Waals surface area contributed by atoms with Crippen LogP contribution in [-0.2, 0) is 6.42 Å². The quantitative estimate of drug-likeness (QED) is 0.812. The lowest BCUT2D eigenvalue weighted by Crippen LogP contribution is -2.28. The van der Waals surface area contributed by atoms with Crippen molar-refractivity contribution < 1.29 is 4.52 Å². The predicted molar refractivity (Wildman–Crippen MR) is 59.9 cm³/mol. The van der Waals surface area contributed by atoms with E-state index in [4.69, 9.17) is 10.3 Å². The number of fused-ring (bicyclic) bond motifs is 1. The summed E-state index contributed by atoms with van der Waals surface area (Å²) in [6.45, 7) is 6.40. The van der Waals surface area contributed by atoms with Gasteiger partial charge in [-0.2, -0.15) is 0 Å². The van der Waals surface area contributed by atoms with Gasteiger partial charge in [-0.3, -0.25) is 0 Å². The topological polar surface area (TPSA) is 52.0 Å². The third kappa shape index (κ3) is 1.81. The van der Waals surface area contributed by atoms with E-state index in [1.807, 2.05) is 0 Å². The molecule has 2 unspecified atom stereocenters. The van der Waals surface area contributed by atoms with Crippen molar-refractivity contribution in [2.75, 3.05) is 0 Å². The lowest BCUT2D eigenvalue weighted by molar-refractivity contribution is 0.355. The molecule has 2 rings (SSSR count). The summed E-state index contributed by atoms with van der Waals surface area (Å²) in [5.74, 6) is 1.95. The van der Waals surface area contributed by atoms with Crippen molar-refractivity contribution in [3.63, 3.8) is 0 Å². The molecular weight excluding hydrogens is 188 g/mol. The Hall–Kier alpha value is -0.830. The fourth-order valence-electron chi connectivity index (χ4n) is 2.49. The Morgan fingerprint density at radius 3 is 2.73 bits per heavy atom. The van der Waals surface area contributed by atoms with E-state index >= 15 is 0 Å². The predicted octanol–water partition coefficient (Wildman–Crippen LogP) is 2.57. The maximum atomic E-state index is 6.04. The Morgan fingerprint density at radius 2 is 2.13 bits per heavy atom. The highest BCUT2D eigenvalue weighted by Gasteiger charge is 2.30. The number of rotatable bonds is 2. The highest BCUT2D eigenvalue weighted by Crippen LogP contribution is 2.38. The lowest BCUT2D eigenvalue weighted by Gasteiger charge is -2.25. The molecule has 0 saturated carbocycles. The monoisotopic (exact) mass is 208 g/mol. The molecular formula is C12H20N2O. The minimum atomic E-state index is 0.195. The molecule has 3 heteroatoms. The van der Waals surface area contributed by atoms with E-state index in [1.54, 1.807) is 0 Å². The van der Waals surface area contributed by atoms with Crippen LogP contribution in [0.5, 0.6) is 0 Å². The minimum absolute atomic E-state index is 0.195. The summed E-state index contributed by atoms with van der Waals surface area (Å²) in [7, 11) is 0. The highest BCUT2D eigenvalue weighted by atomic mass is 16.5. The van der Waals surface area contributed by atoms with Gasteiger partial charge in [0.25, 0.3) is 0 Å². The van der Waals surface area contributed by atoms with E-state index in [0.717, 1.165) is 17.9 Å². The first-order valence-corrected chi connectivity index (χ1v) is 5.85. The molecule has 2 N–H and O–H groups in total. The number of aryl methyl sites for hydroxylation is 1. The van der Waals surface area contributed by atoms with Gasteiger partial charge >= 0.3 is 0 Å². The molecule has 0 radical (unpaired) electrons. The van der Waals surface area contributed by atoms with Gasteiger partial charge in [0.15, 0.2) is 0 Å². The summed E-state index contributed by atoms with van der Waals surface area (Å²) >= 11 is 0. The van der Waals surface area contributed by atoms with Crippen molar-refractivity contribution >= 4 is 0 Å². The Kier molecular flexibility index (Phi) is 2.83. The molecule has 1 aliphatic carbocycles. The van der Waals surface area contributed by atoms with Crippen LogP contribution in [0.2, 0.25) is 0 Å². The average Bonchev–Trinajstić information content (AvgIpc) is 2.60. The van der Waals surface area contributed by atoms with Crippen LogP contribution in [0.4, 0.5) is 0 Å². The van der Waals surface area contributed by atoms with Crippen LogP contribution in [0, 0.1) is 0 Å². The van der Waals surface area contributed by atoms with Gasteiger partial charge in [0.05, 0.1) is 5.69 Å². The fourth-order valence-corrected chi connectivity index (χ4v) is 2.49. The molecule has 0 spiro atoms. The number of hydrogen-bond donors (Lipinski definition) is 1. The Morgan fingerprint density at radius 1 is 1.40 bits per heavy atom. The zero-order chi connectivity index (χ0) is 11.0. The Bertz CT molecular complexity index is 341. The van der Waals surface area contributed by atoms with Crippen LogP contribution >= 0.6 is 0 Å². The van der Waals surface area contributed by atoms with Crippen LogP contribution < -0.4 is 5.73 Å². The first-order valence-electron chi connectivity index (χ1n) is 5.85. The third-order valence-electron chi connectivity index (χ3n) is 3.30. The molecule has 0 bridgehead atoms. The minimum Gasteiger partial charge on any atom is -0.361 e. The largest absolute Gasteiger partial charge is 0.361 e. The first-order chi connectivity index (χ1) is 7.11. The molecule has 0 aromatic carbocycles. The first kappa shape index (κ1) is 10.7. The molecule has 0 saturated heterocycles. The number of nitrogens with two attached hydrogens (primary N) is 1. The van der Waals surface area contributed by atoms with Crippen molar-refractivity contribution in [1.82, 2.24) is 5.16 Å². The second-order valence-corrected chi connectivity index (χ2v) is 4.92. The SMILES string of the molecule is CC(C)c1noc2c1C(C(C)N)CCC2. The van der Waals surface area contributed by atoms with E-state index in [-0.39, 0.29) is 6.04 Å². The summed E-state index contributed by atoms with van der Waals surface area (Å²) in [6, 6.07) is 0.195. The van der Waals surface area contributed by atoms with Crippen LogP contribution in [0.1, 0.15) is 62.5 Å². The molecule has 0 amide bonds. The number of hydrogen-bond acceptors (Lipinski definition) is 3. The second-order valence-electron chi connectivity index (χ2n) is 4.92. The highest BCUT2D eigenvalue weighted by molar-refractivity contribution is 5.32. The summed E-state index contributed by atoms with van der Waals surface area (Å²) in [5.41, 5.74) is 8.47. The molecule has 1 aromatic heterocycles. The zero-order valence-electron chi connectivity index (χ0n) is 9.79. The average molecular weight is 208 g/mol. The number of nitrogens with zero attached hydrogens (tertiary/aromatic N) is 1. The fraction of sp³-hybridized carbons (Fsp3) is 0.750. The van der Waals surface area contributed by atoms with Gasteiger partial charge < -0.3 is 10.3 Å². The van der Waals surface area contributed by atoms with E-state index in [9.17, 15) is 0 Å². The summed E-state index contributed by atoms with van der Waals surface area (Å²) in [6.07, 6.45) is 3.37. The van der Waals surface area contributed by atoms with E-state index in [2.05, 4.69) is 25.9 Å². The molecule has 3 nitrogen and oxygen atoms in total. The van der Waals surface area contributed by atoms with Gasteiger partial charge in [0.1, 0.15) is 5.76 Å². The van der Waals surface area contributed by atoms with Crippen molar-refractivity contribution in [3.8, 4) is 0 Å². The van der Waals surface area contributed by atoms with Gasteiger partial charge in [0, 0.05) is 23.9 Å². The number of aromatic nitrogens is 1. The summed E-state index contributed by atoms with van der Waals surface area (Å²) in [5, 5.41) is 4.20. The molecule has 0 aliphatic heterocycles. The van der Waals surface area contributed by atoms with Crippen LogP contribution in [0.15, 0.2) is 4.52 Å². The third-order valence-corrected chi connectivity index (χ3v) is 3.30. The van der Waals surface area contributed by atoms with E-state index in [0.29, 0.717) is 11.8 Å². The van der Waals surface area contributed by atoms with E-state index in [1.165, 1.54) is 18.4 Å². The molecule has 1 heterocycles. The summed E-state index contributed by atoms with van der Waals surface area (Å²) in [4.78, 5) is 0. The van der Waals surface area contributed by atoms with Gasteiger partial charge in [-0.25, -0.2) is 0 Å². The molecule has 1 aromatic rings. The van der Waals surface area contributed by atoms with Crippen molar-refractivity contribution in [2.45, 2.75) is 57.9 Å². The molecule has 0 fully saturated rings. The van der Waals surface area contributed by atoms with Gasteiger partial charge in [-0.15, -0.1) is 0 Å². The standard InChI is InChI=1S/C12H20N2O/c1-7(2)12-11-9(8(3)13)5-4-6-10(11)15-14-12/h7-9H,4-6,13H2,1-3H3. The second kappa shape index (κ2) is 3.97. The lowest BCUT2D eigenvalue weighted by atomic mass is 9.80. The maximum absolute atomic E-state index is 6.04. The molecule has 2 atom stereocenters. The van der Waals surface area contributed by atoms with Crippen molar-refractivity contribution in [2.24, 2.45) is 5.73 Å². The Balaban J connectivity index is 2.43. The normalized spacial score (nSPS) is 22.9. The summed E-state index contributed by atoms with van der Waals surface area (Å²) < 4.78 is 5.42. The molecule has 15 heavy (non-hydrogen) atoms. The van der Waals surface area contributed by atoms with Gasteiger partial charge in [0.2, 0.25) is 0 Å². The van der Waals surface area contributed by atoms with Gasteiger partial charge in [-0.05, 0) is 25.7 Å². The van der Waals surface area contributed by atoms with Gasteiger partial charge in [-0.1, -0.05) is 19.0 Å². The van der Waals surface area contributed by atoms with Crippen molar-refractivity contribution in [1.29, 1.82) is 0 Å². The molecule has 84 valence electrons. The maximum Gasteiger partial charge on any atom is 0.140 e. The van der Waals surface area contributed by atoms with Crippen LogP contribution in [0.25, 0.3) is 0 Å². The van der Waals surface area contributed by atoms with Crippen molar-refractivity contribution in [3.05, 3.63) is 17.0 Å². The zero-order valence-corrected chi connectivity index (χ0v) is 9.79. The van der Waals surface area contributed by atoms with E-state index < -0.39 is 0 Å². The molecule has 1 aliphatic rings. The smallest absolute Gasteiger partial charge is 0.140 e. The van der Waals surface area contributed by atoms with Crippen LogP contribution in [0.3, 0.4) is 0 Å².